The first-order chi connectivity index (χ1) is 14.4. The monoisotopic (exact) mass is 411 g/mol. The van der Waals surface area contributed by atoms with E-state index in [0.717, 1.165) is 75.5 Å². The van der Waals surface area contributed by atoms with Gasteiger partial charge in [0, 0.05) is 50.9 Å². The molecule has 30 heavy (non-hydrogen) atoms. The van der Waals surface area contributed by atoms with Crippen LogP contribution in [0.2, 0.25) is 0 Å². The van der Waals surface area contributed by atoms with Gasteiger partial charge < -0.3 is 19.4 Å². The Hall–Kier alpha value is -2.48. The second kappa shape index (κ2) is 8.71. The molecule has 1 unspecified atom stereocenters. The molecule has 162 valence electrons. The molecule has 8 nitrogen and oxygen atoms in total. The van der Waals surface area contributed by atoms with Gasteiger partial charge in [-0.2, -0.15) is 10.1 Å². The number of nitrogens with zero attached hydrogens (tertiary/aromatic N) is 7. The zero-order chi connectivity index (χ0) is 21.1. The Bertz CT molecular complexity index is 830. The van der Waals surface area contributed by atoms with Crippen LogP contribution in [0.25, 0.3) is 0 Å². The zero-order valence-electron chi connectivity index (χ0n) is 18.6. The van der Waals surface area contributed by atoms with Crippen LogP contribution in [0.5, 0.6) is 0 Å². The molecule has 4 heterocycles. The fourth-order valence-electron chi connectivity index (χ4n) is 4.01. The number of hydrogen-bond donors (Lipinski definition) is 0. The molecule has 2 aromatic rings. The summed E-state index contributed by atoms with van der Waals surface area (Å²) < 4.78 is 5.46. The molecular weight excluding hydrogens is 378 g/mol. The summed E-state index contributed by atoms with van der Waals surface area (Å²) in [5.41, 5.74) is 1.03. The molecule has 0 bridgehead atoms. The topological polar surface area (TPSA) is 70.5 Å². The number of aromatic nitrogens is 4. The molecule has 2 aliphatic rings. The highest BCUT2D eigenvalue weighted by atomic mass is 16.5. The van der Waals surface area contributed by atoms with Crippen molar-refractivity contribution in [3.05, 3.63) is 30.1 Å². The standard InChI is InChI=1S/C22H33N7O/c1-22(2,3)18-7-8-20(26-25-18)29-11-5-6-17(16-29)27(4)21-23-10-9-19(24-21)28-12-14-30-15-13-28/h7-10,17H,5-6,11-16H2,1-4H3. The van der Waals surface area contributed by atoms with Crippen molar-refractivity contribution in [3.8, 4) is 0 Å². The summed E-state index contributed by atoms with van der Waals surface area (Å²) in [5.74, 6) is 2.70. The van der Waals surface area contributed by atoms with E-state index in [-0.39, 0.29) is 5.41 Å². The third-order valence-electron chi connectivity index (χ3n) is 5.97. The van der Waals surface area contributed by atoms with Gasteiger partial charge in [-0.15, -0.1) is 5.10 Å². The van der Waals surface area contributed by atoms with Crippen LogP contribution in [0, 0.1) is 0 Å². The number of piperidine rings is 1. The molecule has 8 heteroatoms. The second-order valence-electron chi connectivity index (χ2n) is 9.19. The van der Waals surface area contributed by atoms with E-state index in [2.05, 4.69) is 69.8 Å². The Morgan fingerprint density at radius 2 is 1.80 bits per heavy atom. The summed E-state index contributed by atoms with van der Waals surface area (Å²) >= 11 is 0. The predicted molar refractivity (Wildman–Crippen MR) is 119 cm³/mol. The zero-order valence-corrected chi connectivity index (χ0v) is 18.6. The lowest BCUT2D eigenvalue weighted by molar-refractivity contribution is 0.122. The maximum Gasteiger partial charge on any atom is 0.227 e. The van der Waals surface area contributed by atoms with Crippen molar-refractivity contribution < 1.29 is 4.74 Å². The molecule has 0 radical (unpaired) electrons. The predicted octanol–water partition coefficient (Wildman–Crippen LogP) is 2.51. The number of likely N-dealkylation sites (N-methyl/N-ethyl adjacent to an activating group) is 1. The molecule has 0 spiro atoms. The van der Waals surface area contributed by atoms with Crippen molar-refractivity contribution in [3.63, 3.8) is 0 Å². The molecule has 0 aromatic carbocycles. The Kier molecular flexibility index (Phi) is 6.04. The minimum atomic E-state index is 0.0129. The maximum absolute atomic E-state index is 5.46. The van der Waals surface area contributed by atoms with Crippen LogP contribution in [0.15, 0.2) is 24.4 Å². The highest BCUT2D eigenvalue weighted by molar-refractivity contribution is 5.45. The molecule has 2 fully saturated rings. The third-order valence-corrected chi connectivity index (χ3v) is 5.97. The highest BCUT2D eigenvalue weighted by Gasteiger charge is 2.27. The Morgan fingerprint density at radius 3 is 2.50 bits per heavy atom. The molecule has 0 amide bonds. The van der Waals surface area contributed by atoms with Crippen LogP contribution in [0.4, 0.5) is 17.6 Å². The van der Waals surface area contributed by atoms with Gasteiger partial charge in [-0.1, -0.05) is 20.8 Å². The van der Waals surface area contributed by atoms with E-state index >= 15 is 0 Å². The second-order valence-corrected chi connectivity index (χ2v) is 9.19. The first-order valence-electron chi connectivity index (χ1n) is 10.9. The lowest BCUT2D eigenvalue weighted by Gasteiger charge is -2.38. The molecule has 0 N–H and O–H groups in total. The average Bonchev–Trinajstić information content (AvgIpc) is 2.79. The highest BCUT2D eigenvalue weighted by Crippen LogP contribution is 2.25. The lowest BCUT2D eigenvalue weighted by Crippen LogP contribution is -2.47. The largest absolute Gasteiger partial charge is 0.378 e. The van der Waals surface area contributed by atoms with Gasteiger partial charge in [-0.05, 0) is 31.0 Å². The van der Waals surface area contributed by atoms with Crippen molar-refractivity contribution in [1.82, 2.24) is 20.2 Å². The summed E-state index contributed by atoms with van der Waals surface area (Å²) in [6.45, 7) is 11.6. The fourth-order valence-corrected chi connectivity index (χ4v) is 4.01. The van der Waals surface area contributed by atoms with Gasteiger partial charge in [0.15, 0.2) is 5.82 Å². The molecule has 2 aliphatic heterocycles. The number of morpholine rings is 1. The van der Waals surface area contributed by atoms with Crippen LogP contribution in [0.1, 0.15) is 39.3 Å². The summed E-state index contributed by atoms with van der Waals surface area (Å²) in [4.78, 5) is 16.2. The van der Waals surface area contributed by atoms with E-state index < -0.39 is 0 Å². The molecule has 2 aromatic heterocycles. The van der Waals surface area contributed by atoms with Gasteiger partial charge in [0.1, 0.15) is 5.82 Å². The van der Waals surface area contributed by atoms with Gasteiger partial charge in [0.25, 0.3) is 0 Å². The van der Waals surface area contributed by atoms with E-state index in [9.17, 15) is 0 Å². The number of rotatable bonds is 4. The van der Waals surface area contributed by atoms with E-state index in [0.29, 0.717) is 6.04 Å². The minimum absolute atomic E-state index is 0.0129. The Morgan fingerprint density at radius 1 is 1.00 bits per heavy atom. The quantitative estimate of drug-likeness (QED) is 0.760. The van der Waals surface area contributed by atoms with Crippen molar-refractivity contribution in [2.75, 3.05) is 61.1 Å². The number of anilines is 3. The lowest BCUT2D eigenvalue weighted by atomic mass is 9.92. The van der Waals surface area contributed by atoms with Crippen LogP contribution in [-0.2, 0) is 10.2 Å². The molecule has 1 atom stereocenters. The van der Waals surface area contributed by atoms with Crippen LogP contribution < -0.4 is 14.7 Å². The first-order valence-corrected chi connectivity index (χ1v) is 10.9. The maximum atomic E-state index is 5.46. The van der Waals surface area contributed by atoms with Crippen molar-refractivity contribution >= 4 is 17.6 Å². The smallest absolute Gasteiger partial charge is 0.227 e. The van der Waals surface area contributed by atoms with Crippen LogP contribution in [0.3, 0.4) is 0 Å². The Labute approximate surface area is 179 Å². The van der Waals surface area contributed by atoms with Gasteiger partial charge in [-0.25, -0.2) is 4.98 Å². The number of ether oxygens (including phenoxy) is 1. The van der Waals surface area contributed by atoms with E-state index in [1.54, 1.807) is 0 Å². The van der Waals surface area contributed by atoms with E-state index in [4.69, 9.17) is 9.72 Å². The SMILES string of the molecule is CN(c1nccc(N2CCOCC2)n1)C1CCCN(c2ccc(C(C)(C)C)nn2)C1. The van der Waals surface area contributed by atoms with Gasteiger partial charge in [-0.3, -0.25) is 0 Å². The van der Waals surface area contributed by atoms with Crippen molar-refractivity contribution in [1.29, 1.82) is 0 Å². The van der Waals surface area contributed by atoms with Crippen LogP contribution >= 0.6 is 0 Å². The molecular formula is C22H33N7O. The molecule has 0 saturated carbocycles. The summed E-state index contributed by atoms with van der Waals surface area (Å²) in [6.07, 6.45) is 4.09. The fraction of sp³-hybridized carbons (Fsp3) is 0.636. The molecule has 2 saturated heterocycles. The van der Waals surface area contributed by atoms with Gasteiger partial charge in [0.05, 0.1) is 18.9 Å². The first kappa shape index (κ1) is 20.8. The van der Waals surface area contributed by atoms with E-state index in [1.807, 2.05) is 12.3 Å². The van der Waals surface area contributed by atoms with Gasteiger partial charge in [0.2, 0.25) is 5.95 Å². The average molecular weight is 412 g/mol. The van der Waals surface area contributed by atoms with E-state index in [1.165, 1.54) is 0 Å². The summed E-state index contributed by atoms with van der Waals surface area (Å²) in [6, 6.07) is 6.53. The molecule has 4 rings (SSSR count). The summed E-state index contributed by atoms with van der Waals surface area (Å²) in [7, 11) is 2.10. The third kappa shape index (κ3) is 4.64. The van der Waals surface area contributed by atoms with Crippen molar-refractivity contribution in [2.24, 2.45) is 0 Å². The van der Waals surface area contributed by atoms with Crippen molar-refractivity contribution in [2.45, 2.75) is 45.1 Å². The van der Waals surface area contributed by atoms with Gasteiger partial charge >= 0.3 is 0 Å². The minimum Gasteiger partial charge on any atom is -0.378 e. The normalized spacial score (nSPS) is 20.3. The Balaban J connectivity index is 1.45. The van der Waals surface area contributed by atoms with Crippen LogP contribution in [-0.4, -0.2) is 72.6 Å². The number of hydrogen-bond acceptors (Lipinski definition) is 8. The summed E-state index contributed by atoms with van der Waals surface area (Å²) in [5, 5.41) is 8.99. The molecule has 0 aliphatic carbocycles.